The summed E-state index contributed by atoms with van der Waals surface area (Å²) in [6, 6.07) is 2.12. The van der Waals surface area contributed by atoms with Crippen molar-refractivity contribution in [1.29, 1.82) is 0 Å². The van der Waals surface area contributed by atoms with Crippen LogP contribution in [0.4, 0.5) is 0 Å². The number of thiazole rings is 1. The van der Waals surface area contributed by atoms with E-state index in [4.69, 9.17) is 26.0 Å². The van der Waals surface area contributed by atoms with E-state index in [1.54, 1.807) is 13.1 Å². The lowest BCUT2D eigenvalue weighted by Crippen LogP contribution is -2.28. The van der Waals surface area contributed by atoms with Crippen molar-refractivity contribution >= 4 is 28.9 Å². The van der Waals surface area contributed by atoms with Crippen LogP contribution in [-0.2, 0) is 20.8 Å². The molecule has 0 amide bonds. The second-order valence-corrected chi connectivity index (χ2v) is 10.5. The number of carbonyl (C=O) groups is 2. The van der Waals surface area contributed by atoms with Gasteiger partial charge >= 0.3 is 11.9 Å². The van der Waals surface area contributed by atoms with Gasteiger partial charge in [0.1, 0.15) is 16.9 Å². The molecule has 0 saturated heterocycles. The zero-order chi connectivity index (χ0) is 25.3. The Morgan fingerprint density at radius 1 is 1.31 bits per heavy atom. The molecule has 1 aliphatic carbocycles. The Bertz CT molecular complexity index is 1280. The largest absolute Gasteiger partial charge is 0.461 e. The van der Waals surface area contributed by atoms with Gasteiger partial charge in [0.15, 0.2) is 0 Å². The van der Waals surface area contributed by atoms with Crippen LogP contribution in [0.25, 0.3) is 16.1 Å². The molecule has 0 spiro atoms. The number of fused-ring (bicyclic) bond motifs is 1. The number of hydrogen-bond acceptors (Lipinski definition) is 10. The Hall–Kier alpha value is -3.44. The van der Waals surface area contributed by atoms with Crippen molar-refractivity contribution in [1.82, 2.24) is 19.4 Å². The van der Waals surface area contributed by atoms with Crippen molar-refractivity contribution in [3.05, 3.63) is 52.8 Å². The molecule has 1 saturated carbocycles. The minimum atomic E-state index is -0.625. The zero-order valence-corrected chi connectivity index (χ0v) is 21.1. The Kier molecular flexibility index (Phi) is 6.82. The first-order chi connectivity index (χ1) is 16.5. The maximum atomic E-state index is 12.5. The Labute approximate surface area is 207 Å². The van der Waals surface area contributed by atoms with Crippen molar-refractivity contribution < 1.29 is 19.1 Å². The zero-order valence-electron chi connectivity index (χ0n) is 20.3. The monoisotopic (exact) mass is 498 g/mol. The number of esters is 2. The summed E-state index contributed by atoms with van der Waals surface area (Å²) >= 11 is 1.28. The van der Waals surface area contributed by atoms with Crippen LogP contribution in [0.15, 0.2) is 36.6 Å². The third-order valence-electron chi connectivity index (χ3n) is 5.18. The lowest BCUT2D eigenvalue weighted by Gasteiger charge is -2.18. The SMILES string of the molecule is CCOC(=O)/C(N)=C/N(N)Cc1cn2cc(C3CC3)cc(-c3cnc(C(=O)OC(C)(C)C)s3)c2n1. The lowest BCUT2D eigenvalue weighted by molar-refractivity contribution is -0.138. The fourth-order valence-electron chi connectivity index (χ4n) is 3.56. The molecule has 0 atom stereocenters. The third-order valence-corrected chi connectivity index (χ3v) is 6.19. The number of carbonyl (C=O) groups excluding carboxylic acids is 2. The molecular formula is C24H30N6O4S. The summed E-state index contributed by atoms with van der Waals surface area (Å²) in [5.74, 6) is 5.49. The van der Waals surface area contributed by atoms with E-state index in [0.29, 0.717) is 16.6 Å². The lowest BCUT2D eigenvalue weighted by atomic mass is 10.1. The summed E-state index contributed by atoms with van der Waals surface area (Å²) in [6.45, 7) is 7.63. The second-order valence-electron chi connectivity index (χ2n) is 9.43. The normalized spacial score (nSPS) is 14.3. The molecule has 0 aliphatic heterocycles. The smallest absolute Gasteiger partial charge is 0.367 e. The van der Waals surface area contributed by atoms with Gasteiger partial charge < -0.3 is 24.6 Å². The molecule has 186 valence electrons. The highest BCUT2D eigenvalue weighted by atomic mass is 32.1. The average Bonchev–Trinajstić information content (AvgIpc) is 3.35. The summed E-state index contributed by atoms with van der Waals surface area (Å²) in [5, 5.41) is 1.59. The molecule has 10 nitrogen and oxygen atoms in total. The van der Waals surface area contributed by atoms with Crippen molar-refractivity contribution in [3.63, 3.8) is 0 Å². The van der Waals surface area contributed by atoms with Gasteiger partial charge in [-0.2, -0.15) is 0 Å². The standard InChI is InChI=1S/C24H30N6O4S/c1-5-33-22(31)18(25)13-30(26)12-16-11-29-10-15(14-6-7-14)8-17(20(29)28-16)19-9-27-21(35-19)23(32)34-24(2,3)4/h8-11,13-14H,5-7,12,25-26H2,1-4H3/b18-13-. The molecule has 0 unspecified atom stereocenters. The van der Waals surface area contributed by atoms with Crippen molar-refractivity contribution in [2.45, 2.75) is 58.6 Å². The topological polar surface area (TPSA) is 138 Å². The quantitative estimate of drug-likeness (QED) is 0.207. The number of pyridine rings is 1. The second kappa shape index (κ2) is 9.67. The first-order valence-electron chi connectivity index (χ1n) is 11.4. The minimum absolute atomic E-state index is 0.0887. The number of nitrogens with two attached hydrogens (primary N) is 2. The van der Waals surface area contributed by atoms with Gasteiger partial charge in [0.25, 0.3) is 0 Å². The number of rotatable bonds is 8. The summed E-state index contributed by atoms with van der Waals surface area (Å²) in [6.07, 6.45) is 9.28. The van der Waals surface area contributed by atoms with E-state index in [0.717, 1.165) is 28.9 Å². The van der Waals surface area contributed by atoms with Crippen LogP contribution in [0.3, 0.4) is 0 Å². The van der Waals surface area contributed by atoms with E-state index >= 15 is 0 Å². The predicted molar refractivity (Wildman–Crippen MR) is 132 cm³/mol. The van der Waals surface area contributed by atoms with Crippen LogP contribution in [-0.4, -0.2) is 43.5 Å². The fraction of sp³-hybridized carbons (Fsp3) is 0.417. The van der Waals surface area contributed by atoms with E-state index in [9.17, 15) is 9.59 Å². The number of ether oxygens (including phenoxy) is 2. The van der Waals surface area contributed by atoms with Gasteiger partial charge in [-0.05, 0) is 58.1 Å². The van der Waals surface area contributed by atoms with Gasteiger partial charge in [0, 0.05) is 30.4 Å². The molecule has 3 heterocycles. The van der Waals surface area contributed by atoms with E-state index < -0.39 is 17.5 Å². The molecule has 35 heavy (non-hydrogen) atoms. The molecule has 3 aromatic heterocycles. The number of imidazole rings is 1. The van der Waals surface area contributed by atoms with E-state index in [1.807, 2.05) is 31.4 Å². The van der Waals surface area contributed by atoms with Crippen LogP contribution >= 0.6 is 11.3 Å². The van der Waals surface area contributed by atoms with E-state index in [-0.39, 0.29) is 18.8 Å². The molecule has 4 rings (SSSR count). The highest BCUT2D eigenvalue weighted by Crippen LogP contribution is 2.42. The number of hydrogen-bond donors (Lipinski definition) is 2. The first kappa shape index (κ1) is 24.7. The number of hydrazine groups is 1. The van der Waals surface area contributed by atoms with Gasteiger partial charge in [-0.3, -0.25) is 0 Å². The summed E-state index contributed by atoms with van der Waals surface area (Å²) in [4.78, 5) is 34.1. The van der Waals surface area contributed by atoms with E-state index in [1.165, 1.54) is 28.1 Å². The van der Waals surface area contributed by atoms with Gasteiger partial charge in [-0.25, -0.2) is 25.4 Å². The van der Waals surface area contributed by atoms with Crippen LogP contribution in [0.5, 0.6) is 0 Å². The molecule has 1 aliphatic rings. The van der Waals surface area contributed by atoms with Gasteiger partial charge in [0.05, 0.1) is 23.7 Å². The molecule has 0 aromatic carbocycles. The molecule has 0 radical (unpaired) electrons. The Morgan fingerprint density at radius 2 is 2.06 bits per heavy atom. The maximum absolute atomic E-state index is 12.5. The van der Waals surface area contributed by atoms with Gasteiger partial charge in [-0.1, -0.05) is 0 Å². The molecular weight excluding hydrogens is 468 g/mol. The molecule has 3 aromatic rings. The molecule has 0 bridgehead atoms. The van der Waals surface area contributed by atoms with Crippen LogP contribution in [0, 0.1) is 0 Å². The molecule has 4 N–H and O–H groups in total. The fourth-order valence-corrected chi connectivity index (χ4v) is 4.37. The van der Waals surface area contributed by atoms with Crippen LogP contribution in [0.1, 0.15) is 67.5 Å². The highest BCUT2D eigenvalue weighted by Gasteiger charge is 2.27. The molecule has 11 heteroatoms. The van der Waals surface area contributed by atoms with Crippen LogP contribution < -0.4 is 11.6 Å². The maximum Gasteiger partial charge on any atom is 0.367 e. The molecule has 1 fully saturated rings. The van der Waals surface area contributed by atoms with Crippen molar-refractivity contribution in [2.75, 3.05) is 6.61 Å². The third kappa shape index (κ3) is 5.98. The number of nitrogens with zero attached hydrogens (tertiary/aromatic N) is 4. The summed E-state index contributed by atoms with van der Waals surface area (Å²) in [5.41, 5.74) is 8.57. The Morgan fingerprint density at radius 3 is 2.71 bits per heavy atom. The van der Waals surface area contributed by atoms with Gasteiger partial charge in [-0.15, -0.1) is 11.3 Å². The summed E-state index contributed by atoms with van der Waals surface area (Å²) in [7, 11) is 0. The van der Waals surface area contributed by atoms with Gasteiger partial charge in [0.2, 0.25) is 5.01 Å². The highest BCUT2D eigenvalue weighted by molar-refractivity contribution is 7.17. The van der Waals surface area contributed by atoms with Crippen molar-refractivity contribution in [2.24, 2.45) is 11.6 Å². The van der Waals surface area contributed by atoms with Crippen LogP contribution in [0.2, 0.25) is 0 Å². The Balaban J connectivity index is 1.64. The summed E-state index contributed by atoms with van der Waals surface area (Å²) < 4.78 is 12.3. The minimum Gasteiger partial charge on any atom is -0.461 e. The van der Waals surface area contributed by atoms with Crippen molar-refractivity contribution in [3.8, 4) is 10.4 Å². The predicted octanol–water partition coefficient (Wildman–Crippen LogP) is 3.33. The van der Waals surface area contributed by atoms with E-state index in [2.05, 4.69) is 17.2 Å². The first-order valence-corrected chi connectivity index (χ1v) is 12.2. The number of aromatic nitrogens is 3. The average molecular weight is 499 g/mol.